The summed E-state index contributed by atoms with van der Waals surface area (Å²) in [6, 6.07) is 6.97. The number of nitrogens with one attached hydrogen (secondary N) is 1. The van der Waals surface area contributed by atoms with Gasteiger partial charge in [-0.15, -0.1) is 0 Å². The van der Waals surface area contributed by atoms with E-state index in [2.05, 4.69) is 5.32 Å². The Kier molecular flexibility index (Phi) is 4.51. The molecule has 0 saturated carbocycles. The Hall–Kier alpha value is -2.04. The summed E-state index contributed by atoms with van der Waals surface area (Å²) in [6.45, 7) is 0. The lowest BCUT2D eigenvalue weighted by Gasteiger charge is -2.14. The normalized spacial score (nSPS) is 9.76. The maximum atomic E-state index is 11.5. The number of carboxylic acids is 1. The van der Waals surface area contributed by atoms with Gasteiger partial charge >= 0.3 is 12.0 Å². The molecule has 1 rings (SSSR count). The van der Waals surface area contributed by atoms with Gasteiger partial charge in [0.05, 0.1) is 0 Å². The first-order valence-electron chi connectivity index (χ1n) is 5.28. The van der Waals surface area contributed by atoms with Gasteiger partial charge in [-0.25, -0.2) is 4.79 Å². The second kappa shape index (κ2) is 5.89. The van der Waals surface area contributed by atoms with Crippen LogP contribution in [0.4, 0.5) is 10.5 Å². The Balaban J connectivity index is 2.77. The lowest BCUT2D eigenvalue weighted by Crippen LogP contribution is -2.27. The third kappa shape index (κ3) is 4.14. The topological polar surface area (TPSA) is 69.6 Å². The van der Waals surface area contributed by atoms with Crippen LogP contribution in [0.3, 0.4) is 0 Å². The summed E-state index contributed by atoms with van der Waals surface area (Å²) in [5, 5.41) is 11.4. The maximum absolute atomic E-state index is 11.5. The smallest absolute Gasteiger partial charge is 0.321 e. The van der Waals surface area contributed by atoms with E-state index in [9.17, 15) is 9.59 Å². The van der Waals surface area contributed by atoms with Crippen molar-refractivity contribution in [1.29, 1.82) is 0 Å². The van der Waals surface area contributed by atoms with Crippen LogP contribution in [0.15, 0.2) is 24.3 Å². The van der Waals surface area contributed by atoms with E-state index in [0.717, 1.165) is 5.56 Å². The molecular weight excluding hydrogens is 220 g/mol. The summed E-state index contributed by atoms with van der Waals surface area (Å²) in [4.78, 5) is 23.4. The third-order valence-corrected chi connectivity index (χ3v) is 2.27. The first kappa shape index (κ1) is 13.0. The van der Waals surface area contributed by atoms with Gasteiger partial charge in [-0.05, 0) is 18.1 Å². The standard InChI is InChI=1S/C12H16N2O3/c1-14(2)12(17)13-10-6-4-3-5-9(10)7-8-11(15)16/h3-6H,7-8H2,1-2H3,(H,13,17)(H,15,16). The van der Waals surface area contributed by atoms with Gasteiger partial charge in [-0.2, -0.15) is 0 Å². The molecule has 0 aliphatic rings. The number of urea groups is 1. The fourth-order valence-corrected chi connectivity index (χ4v) is 1.33. The Bertz CT molecular complexity index is 416. The summed E-state index contributed by atoms with van der Waals surface area (Å²) < 4.78 is 0. The second-order valence-corrected chi connectivity index (χ2v) is 3.88. The fourth-order valence-electron chi connectivity index (χ4n) is 1.33. The summed E-state index contributed by atoms with van der Waals surface area (Å²) in [7, 11) is 3.30. The molecule has 1 aromatic rings. The van der Waals surface area contributed by atoms with E-state index in [1.165, 1.54) is 4.90 Å². The minimum Gasteiger partial charge on any atom is -0.481 e. The third-order valence-electron chi connectivity index (χ3n) is 2.27. The van der Waals surface area contributed by atoms with Crippen molar-refractivity contribution in [3.63, 3.8) is 0 Å². The van der Waals surface area contributed by atoms with Crippen molar-refractivity contribution in [1.82, 2.24) is 4.90 Å². The molecule has 17 heavy (non-hydrogen) atoms. The van der Waals surface area contributed by atoms with Crippen molar-refractivity contribution in [2.24, 2.45) is 0 Å². The highest BCUT2D eigenvalue weighted by molar-refractivity contribution is 5.89. The van der Waals surface area contributed by atoms with Crippen molar-refractivity contribution in [3.05, 3.63) is 29.8 Å². The van der Waals surface area contributed by atoms with Crippen molar-refractivity contribution < 1.29 is 14.7 Å². The highest BCUT2D eigenvalue weighted by Crippen LogP contribution is 2.17. The van der Waals surface area contributed by atoms with E-state index in [-0.39, 0.29) is 12.5 Å². The molecule has 0 atom stereocenters. The summed E-state index contributed by atoms with van der Waals surface area (Å²) in [5.41, 5.74) is 1.48. The average molecular weight is 236 g/mol. The number of benzene rings is 1. The van der Waals surface area contributed by atoms with Crippen LogP contribution in [0, 0.1) is 0 Å². The number of aliphatic carboxylic acids is 1. The predicted octanol–water partition coefficient (Wildman–Crippen LogP) is 1.80. The summed E-state index contributed by atoms with van der Waals surface area (Å²) >= 11 is 0. The number of carbonyl (C=O) groups is 2. The van der Waals surface area contributed by atoms with E-state index in [0.29, 0.717) is 12.1 Å². The fraction of sp³-hybridized carbons (Fsp3) is 0.333. The Morgan fingerprint density at radius 3 is 2.53 bits per heavy atom. The SMILES string of the molecule is CN(C)C(=O)Nc1ccccc1CCC(=O)O. The van der Waals surface area contributed by atoms with Gasteiger partial charge in [-0.1, -0.05) is 18.2 Å². The number of hydrogen-bond acceptors (Lipinski definition) is 2. The van der Waals surface area contributed by atoms with Gasteiger partial charge in [0, 0.05) is 26.2 Å². The van der Waals surface area contributed by atoms with Crippen LogP contribution < -0.4 is 5.32 Å². The second-order valence-electron chi connectivity index (χ2n) is 3.88. The number of rotatable bonds is 4. The number of aryl methyl sites for hydroxylation is 1. The van der Waals surface area contributed by atoms with Gasteiger partial charge < -0.3 is 15.3 Å². The number of amides is 2. The largest absolute Gasteiger partial charge is 0.481 e. The Labute approximate surface area is 100 Å². The molecule has 2 N–H and O–H groups in total. The molecular formula is C12H16N2O3. The number of carboxylic acid groups (broad SMARTS) is 1. The van der Waals surface area contributed by atoms with Gasteiger partial charge in [0.15, 0.2) is 0 Å². The number of nitrogens with zero attached hydrogens (tertiary/aromatic N) is 1. The van der Waals surface area contributed by atoms with E-state index >= 15 is 0 Å². The summed E-state index contributed by atoms with van der Waals surface area (Å²) in [5.74, 6) is -0.848. The van der Waals surface area contributed by atoms with Gasteiger partial charge in [-0.3, -0.25) is 4.79 Å². The first-order valence-corrected chi connectivity index (χ1v) is 5.28. The zero-order valence-corrected chi connectivity index (χ0v) is 9.93. The van der Waals surface area contributed by atoms with Crippen LogP contribution in [-0.2, 0) is 11.2 Å². The van der Waals surface area contributed by atoms with Crippen LogP contribution >= 0.6 is 0 Å². The molecule has 0 bridgehead atoms. The maximum Gasteiger partial charge on any atom is 0.321 e. The van der Waals surface area contributed by atoms with Crippen LogP contribution in [0.5, 0.6) is 0 Å². The molecule has 0 radical (unpaired) electrons. The summed E-state index contributed by atoms with van der Waals surface area (Å²) in [6.07, 6.45) is 0.452. The van der Waals surface area contributed by atoms with Crippen LogP contribution in [-0.4, -0.2) is 36.1 Å². The van der Waals surface area contributed by atoms with Gasteiger partial charge in [0.2, 0.25) is 0 Å². The predicted molar refractivity (Wildman–Crippen MR) is 65.1 cm³/mol. The zero-order valence-electron chi connectivity index (χ0n) is 9.93. The number of anilines is 1. The monoisotopic (exact) mass is 236 g/mol. The Morgan fingerprint density at radius 2 is 1.94 bits per heavy atom. The molecule has 0 saturated heterocycles. The molecule has 0 spiro atoms. The van der Waals surface area contributed by atoms with Crippen molar-refractivity contribution in [2.45, 2.75) is 12.8 Å². The molecule has 92 valence electrons. The molecule has 1 aromatic carbocycles. The zero-order chi connectivity index (χ0) is 12.8. The Morgan fingerprint density at radius 1 is 1.29 bits per heavy atom. The van der Waals surface area contributed by atoms with E-state index in [1.807, 2.05) is 12.1 Å². The van der Waals surface area contributed by atoms with E-state index in [1.54, 1.807) is 26.2 Å². The lowest BCUT2D eigenvalue weighted by atomic mass is 10.1. The van der Waals surface area contributed by atoms with E-state index < -0.39 is 5.97 Å². The van der Waals surface area contributed by atoms with Crippen LogP contribution in [0.2, 0.25) is 0 Å². The molecule has 0 fully saturated rings. The van der Waals surface area contributed by atoms with E-state index in [4.69, 9.17) is 5.11 Å². The highest BCUT2D eigenvalue weighted by Gasteiger charge is 2.08. The minimum absolute atomic E-state index is 0.0504. The van der Waals surface area contributed by atoms with Crippen molar-refractivity contribution in [3.8, 4) is 0 Å². The minimum atomic E-state index is -0.848. The molecule has 5 nitrogen and oxygen atoms in total. The van der Waals surface area contributed by atoms with Gasteiger partial charge in [0.25, 0.3) is 0 Å². The van der Waals surface area contributed by atoms with Gasteiger partial charge in [0.1, 0.15) is 0 Å². The van der Waals surface area contributed by atoms with Crippen molar-refractivity contribution in [2.75, 3.05) is 19.4 Å². The number of carbonyl (C=O) groups excluding carboxylic acids is 1. The van der Waals surface area contributed by atoms with Crippen molar-refractivity contribution >= 4 is 17.7 Å². The first-order chi connectivity index (χ1) is 8.00. The number of para-hydroxylation sites is 1. The average Bonchev–Trinajstić information content (AvgIpc) is 2.27. The number of hydrogen-bond donors (Lipinski definition) is 2. The lowest BCUT2D eigenvalue weighted by molar-refractivity contribution is -0.136. The molecule has 2 amide bonds. The molecule has 0 heterocycles. The molecule has 0 aliphatic heterocycles. The van der Waals surface area contributed by atoms with Crippen LogP contribution in [0.1, 0.15) is 12.0 Å². The molecule has 0 unspecified atom stereocenters. The highest BCUT2D eigenvalue weighted by atomic mass is 16.4. The molecule has 0 aliphatic carbocycles. The molecule has 5 heteroatoms. The van der Waals surface area contributed by atoms with Crippen LogP contribution in [0.25, 0.3) is 0 Å². The molecule has 0 aromatic heterocycles. The quantitative estimate of drug-likeness (QED) is 0.837.